The number of nitrogens with one attached hydrogen (secondary N) is 2. The maximum atomic E-state index is 5.84. The average Bonchev–Trinajstić information content (AvgIpc) is 2.77. The van der Waals surface area contributed by atoms with Crippen molar-refractivity contribution in [3.8, 4) is 0 Å². The van der Waals surface area contributed by atoms with Gasteiger partial charge in [-0.2, -0.15) is 5.10 Å². The summed E-state index contributed by atoms with van der Waals surface area (Å²) in [6.45, 7) is 0. The van der Waals surface area contributed by atoms with Crippen LogP contribution in [-0.2, 0) is 0 Å². The zero-order chi connectivity index (χ0) is 8.39. The Labute approximate surface area is 69.0 Å². The van der Waals surface area contributed by atoms with Gasteiger partial charge in [0, 0.05) is 11.9 Å². The van der Waals surface area contributed by atoms with Crippen molar-refractivity contribution in [2.24, 2.45) is 5.73 Å². The van der Waals surface area contributed by atoms with E-state index in [9.17, 15) is 0 Å². The van der Waals surface area contributed by atoms with Crippen molar-refractivity contribution >= 4 is 0 Å². The highest BCUT2D eigenvalue weighted by molar-refractivity contribution is 5.15. The highest BCUT2D eigenvalue weighted by atomic mass is 15.2. The lowest BCUT2D eigenvalue weighted by atomic mass is 10.2. The summed E-state index contributed by atoms with van der Waals surface area (Å²) in [6.07, 6.45) is 3.27. The van der Waals surface area contributed by atoms with Crippen molar-refractivity contribution in [3.05, 3.63) is 36.2 Å². The van der Waals surface area contributed by atoms with Crippen molar-refractivity contribution in [3.63, 3.8) is 0 Å². The van der Waals surface area contributed by atoms with Crippen LogP contribution in [-0.4, -0.2) is 20.2 Å². The number of hydrogen-bond acceptors (Lipinski definition) is 3. The van der Waals surface area contributed by atoms with Crippen LogP contribution in [0.5, 0.6) is 0 Å². The Morgan fingerprint density at radius 1 is 1.50 bits per heavy atom. The summed E-state index contributed by atoms with van der Waals surface area (Å²) in [6, 6.07) is 3.56. The third-order valence-electron chi connectivity index (χ3n) is 1.69. The van der Waals surface area contributed by atoms with Gasteiger partial charge < -0.3 is 10.7 Å². The molecule has 1 unspecified atom stereocenters. The molecule has 0 amide bonds. The van der Waals surface area contributed by atoms with Gasteiger partial charge in [0.25, 0.3) is 0 Å². The van der Waals surface area contributed by atoms with Gasteiger partial charge in [0.1, 0.15) is 18.2 Å². The summed E-state index contributed by atoms with van der Waals surface area (Å²) >= 11 is 0. The minimum atomic E-state index is -0.248. The van der Waals surface area contributed by atoms with E-state index in [0.717, 1.165) is 5.69 Å². The van der Waals surface area contributed by atoms with Crippen LogP contribution in [0.1, 0.15) is 17.6 Å². The van der Waals surface area contributed by atoms with E-state index >= 15 is 0 Å². The Morgan fingerprint density at radius 3 is 3.00 bits per heavy atom. The van der Waals surface area contributed by atoms with E-state index in [1.54, 1.807) is 0 Å². The molecule has 62 valence electrons. The zero-order valence-corrected chi connectivity index (χ0v) is 6.36. The van der Waals surface area contributed by atoms with Crippen LogP contribution in [0.25, 0.3) is 0 Å². The van der Waals surface area contributed by atoms with E-state index in [2.05, 4.69) is 20.2 Å². The van der Waals surface area contributed by atoms with E-state index in [-0.39, 0.29) is 6.04 Å². The van der Waals surface area contributed by atoms with Crippen LogP contribution in [0.15, 0.2) is 24.7 Å². The molecule has 12 heavy (non-hydrogen) atoms. The molecule has 0 spiro atoms. The summed E-state index contributed by atoms with van der Waals surface area (Å²) in [4.78, 5) is 6.97. The van der Waals surface area contributed by atoms with Gasteiger partial charge in [0.2, 0.25) is 0 Å². The first-order valence-corrected chi connectivity index (χ1v) is 3.62. The Balaban J connectivity index is 2.27. The van der Waals surface area contributed by atoms with Gasteiger partial charge in [0.05, 0.1) is 0 Å². The molecule has 0 aliphatic rings. The highest BCUT2D eigenvalue weighted by Gasteiger charge is 2.11. The summed E-state index contributed by atoms with van der Waals surface area (Å²) in [5.41, 5.74) is 6.76. The maximum Gasteiger partial charge on any atom is 0.147 e. The van der Waals surface area contributed by atoms with E-state index in [4.69, 9.17) is 5.73 Å². The molecular formula is C7H9N5. The summed E-state index contributed by atoms with van der Waals surface area (Å²) in [5, 5.41) is 6.44. The van der Waals surface area contributed by atoms with Gasteiger partial charge >= 0.3 is 0 Å². The molecule has 0 aromatic carbocycles. The van der Waals surface area contributed by atoms with E-state index in [1.165, 1.54) is 6.33 Å². The highest BCUT2D eigenvalue weighted by Crippen LogP contribution is 2.11. The minimum Gasteiger partial charge on any atom is -0.363 e. The second-order valence-electron chi connectivity index (χ2n) is 2.47. The number of rotatable bonds is 2. The minimum absolute atomic E-state index is 0.248. The van der Waals surface area contributed by atoms with Gasteiger partial charge in [-0.25, -0.2) is 4.98 Å². The number of aromatic amines is 2. The molecule has 0 fully saturated rings. The molecule has 4 N–H and O–H groups in total. The van der Waals surface area contributed by atoms with Crippen LogP contribution in [0.4, 0.5) is 0 Å². The van der Waals surface area contributed by atoms with E-state index in [1.807, 2.05) is 18.3 Å². The summed E-state index contributed by atoms with van der Waals surface area (Å²) in [7, 11) is 0. The normalized spacial score (nSPS) is 13.1. The lowest BCUT2D eigenvalue weighted by molar-refractivity contribution is 0.766. The van der Waals surface area contributed by atoms with Crippen molar-refractivity contribution in [2.75, 3.05) is 0 Å². The molecule has 0 aliphatic carbocycles. The fourth-order valence-electron chi connectivity index (χ4n) is 1.05. The van der Waals surface area contributed by atoms with Gasteiger partial charge in [-0.1, -0.05) is 0 Å². The number of aromatic nitrogens is 4. The molecule has 0 bridgehead atoms. The van der Waals surface area contributed by atoms with Gasteiger partial charge in [0.15, 0.2) is 0 Å². The Hall–Kier alpha value is -1.62. The smallest absolute Gasteiger partial charge is 0.147 e. The molecule has 2 aromatic heterocycles. The Morgan fingerprint density at radius 2 is 2.42 bits per heavy atom. The molecule has 0 saturated heterocycles. The summed E-state index contributed by atoms with van der Waals surface area (Å²) in [5.74, 6) is 0.664. The summed E-state index contributed by atoms with van der Waals surface area (Å²) < 4.78 is 0. The first-order chi connectivity index (χ1) is 5.88. The fourth-order valence-corrected chi connectivity index (χ4v) is 1.05. The third kappa shape index (κ3) is 1.10. The third-order valence-corrected chi connectivity index (χ3v) is 1.69. The van der Waals surface area contributed by atoms with Crippen molar-refractivity contribution in [2.45, 2.75) is 6.04 Å². The van der Waals surface area contributed by atoms with Crippen LogP contribution < -0.4 is 5.73 Å². The van der Waals surface area contributed by atoms with Crippen molar-refractivity contribution < 1.29 is 0 Å². The lowest BCUT2D eigenvalue weighted by Crippen LogP contribution is -2.13. The monoisotopic (exact) mass is 163 g/mol. The first kappa shape index (κ1) is 7.05. The van der Waals surface area contributed by atoms with Gasteiger partial charge in [-0.05, 0) is 12.1 Å². The number of H-pyrrole nitrogens is 2. The molecule has 2 rings (SSSR count). The molecule has 1 atom stereocenters. The quantitative estimate of drug-likeness (QED) is 0.590. The molecular weight excluding hydrogens is 154 g/mol. The topological polar surface area (TPSA) is 83.4 Å². The molecule has 0 saturated carbocycles. The zero-order valence-electron chi connectivity index (χ0n) is 6.36. The predicted octanol–water partition coefficient (Wildman–Crippen LogP) is 0.181. The first-order valence-electron chi connectivity index (χ1n) is 3.62. The van der Waals surface area contributed by atoms with Gasteiger partial charge in [-0.15, -0.1) is 0 Å². The predicted molar refractivity (Wildman–Crippen MR) is 43.2 cm³/mol. The Bertz CT molecular complexity index is 288. The second-order valence-corrected chi connectivity index (χ2v) is 2.47. The van der Waals surface area contributed by atoms with Crippen LogP contribution in [0.2, 0.25) is 0 Å². The lowest BCUT2D eigenvalue weighted by Gasteiger charge is -2.04. The molecule has 0 radical (unpaired) electrons. The number of hydrogen-bond donors (Lipinski definition) is 3. The van der Waals surface area contributed by atoms with E-state index in [0.29, 0.717) is 5.82 Å². The number of nitrogens with zero attached hydrogens (tertiary/aromatic N) is 2. The molecule has 5 nitrogen and oxygen atoms in total. The van der Waals surface area contributed by atoms with E-state index < -0.39 is 0 Å². The molecule has 2 heterocycles. The SMILES string of the molecule is NC(c1ccc[nH]1)c1ncn[nH]1. The van der Waals surface area contributed by atoms with Crippen molar-refractivity contribution in [1.82, 2.24) is 20.2 Å². The van der Waals surface area contributed by atoms with Crippen LogP contribution in [0.3, 0.4) is 0 Å². The second kappa shape index (κ2) is 2.78. The maximum absolute atomic E-state index is 5.84. The van der Waals surface area contributed by atoms with Crippen LogP contribution in [0, 0.1) is 0 Å². The van der Waals surface area contributed by atoms with Crippen molar-refractivity contribution in [1.29, 1.82) is 0 Å². The average molecular weight is 163 g/mol. The molecule has 2 aromatic rings. The fraction of sp³-hybridized carbons (Fsp3) is 0.143. The molecule has 0 aliphatic heterocycles. The largest absolute Gasteiger partial charge is 0.363 e. The van der Waals surface area contributed by atoms with Crippen LogP contribution >= 0.6 is 0 Å². The molecule has 5 heteroatoms. The Kier molecular flexibility index (Phi) is 1.64. The van der Waals surface area contributed by atoms with Gasteiger partial charge in [-0.3, -0.25) is 5.10 Å². The standard InChI is InChI=1S/C7H9N5/c8-6(5-2-1-3-9-5)7-10-4-11-12-7/h1-4,6,9H,8H2,(H,10,11,12). The number of nitrogens with two attached hydrogens (primary N) is 1.